The maximum atomic E-state index is 11.6. The number of ether oxygens (including phenoxy) is 1. The van der Waals surface area contributed by atoms with Crippen molar-refractivity contribution in [2.24, 2.45) is 0 Å². The molecule has 0 aliphatic heterocycles. The van der Waals surface area contributed by atoms with E-state index in [1.54, 1.807) is 13.8 Å². The molecule has 0 aliphatic carbocycles. The van der Waals surface area contributed by atoms with Crippen LogP contribution in [0.5, 0.6) is 0 Å². The monoisotopic (exact) mass is 287 g/mol. The minimum atomic E-state index is -0.532. The lowest BCUT2D eigenvalue weighted by Gasteiger charge is -2.21. The number of nitrogens with zero attached hydrogens (tertiary/aromatic N) is 1. The van der Waals surface area contributed by atoms with Crippen LogP contribution < -0.4 is 16.6 Å². The maximum Gasteiger partial charge on any atom is 0.330 e. The summed E-state index contributed by atoms with van der Waals surface area (Å²) in [5.41, 5.74) is -0.467. The number of aromatic amines is 1. The van der Waals surface area contributed by atoms with E-state index in [0.717, 1.165) is 0 Å². The predicted octanol–water partition coefficient (Wildman–Crippen LogP) is -0.0134. The number of hydrogen-bond acceptors (Lipinski definition) is 5. The van der Waals surface area contributed by atoms with Crippen molar-refractivity contribution in [3.63, 3.8) is 0 Å². The van der Waals surface area contributed by atoms with Crippen LogP contribution in [0.3, 0.4) is 0 Å². The first-order valence-electron chi connectivity index (χ1n) is 6.58. The summed E-state index contributed by atoms with van der Waals surface area (Å²) >= 11 is 0. The molecule has 0 bridgehead atoms. The Morgan fingerprint density at radius 2 is 2.00 bits per heavy atom. The minimum absolute atomic E-state index is 0.0993. The van der Waals surface area contributed by atoms with Crippen molar-refractivity contribution in [2.75, 3.05) is 20.7 Å². The van der Waals surface area contributed by atoms with E-state index in [9.17, 15) is 9.59 Å². The highest BCUT2D eigenvalue weighted by Crippen LogP contribution is 2.09. The molecule has 1 heterocycles. The van der Waals surface area contributed by atoms with Gasteiger partial charge < -0.3 is 15.2 Å². The average Bonchev–Trinajstić information content (AvgIpc) is 2.40. The molecule has 7 heteroatoms. The van der Waals surface area contributed by atoms with E-state index in [-0.39, 0.29) is 12.7 Å². The zero-order valence-corrected chi connectivity index (χ0v) is 12.8. The van der Waals surface area contributed by atoms with Gasteiger partial charge in [0.15, 0.2) is 0 Å². The van der Waals surface area contributed by atoms with Crippen molar-refractivity contribution < 1.29 is 9.84 Å². The fraction of sp³-hybridized carbons (Fsp3) is 0.692. The van der Waals surface area contributed by atoms with Gasteiger partial charge >= 0.3 is 5.69 Å². The molecule has 0 amide bonds. The van der Waals surface area contributed by atoms with Crippen LogP contribution in [-0.4, -0.2) is 41.5 Å². The molecule has 0 aromatic carbocycles. The zero-order valence-electron chi connectivity index (χ0n) is 12.8. The van der Waals surface area contributed by atoms with Crippen LogP contribution in [0.25, 0.3) is 0 Å². The second-order valence-electron chi connectivity index (χ2n) is 4.43. The third-order valence-electron chi connectivity index (χ3n) is 2.59. The highest BCUT2D eigenvalue weighted by atomic mass is 16.5. The Bertz CT molecular complexity index is 491. The quantitative estimate of drug-likeness (QED) is 0.707. The van der Waals surface area contributed by atoms with Gasteiger partial charge in [-0.15, -0.1) is 0 Å². The lowest BCUT2D eigenvalue weighted by molar-refractivity contribution is -0.0683. The Labute approximate surface area is 118 Å². The normalized spacial score (nSPS) is 13.3. The lowest BCUT2D eigenvalue weighted by Crippen LogP contribution is -2.35. The predicted molar refractivity (Wildman–Crippen MR) is 78.0 cm³/mol. The van der Waals surface area contributed by atoms with Crippen LogP contribution in [0.1, 0.15) is 32.1 Å². The van der Waals surface area contributed by atoms with Crippen LogP contribution >= 0.6 is 0 Å². The van der Waals surface area contributed by atoms with Gasteiger partial charge in [0.05, 0.1) is 12.7 Å². The summed E-state index contributed by atoms with van der Waals surface area (Å²) in [5.74, 6) is 0. The number of H-pyrrole nitrogens is 1. The SMILES string of the molecule is CC[C@@H](CO)O[C@H](C)n1cc(C)c(=O)[nH]c1=O.CNC. The Kier molecular flexibility index (Phi) is 8.78. The van der Waals surface area contributed by atoms with Crippen LogP contribution in [0.15, 0.2) is 15.8 Å². The first-order chi connectivity index (χ1) is 9.40. The van der Waals surface area contributed by atoms with Crippen LogP contribution in [0.4, 0.5) is 0 Å². The van der Waals surface area contributed by atoms with Crippen LogP contribution in [-0.2, 0) is 4.74 Å². The fourth-order valence-corrected chi connectivity index (χ4v) is 1.47. The third-order valence-corrected chi connectivity index (χ3v) is 2.59. The standard InChI is InChI=1S/C11H18N2O4.C2H7N/c1-4-9(6-14)17-8(3)13-5-7(2)10(15)12-11(13)16;1-3-2/h5,8-9,14H,4,6H2,1-3H3,(H,12,15,16);3H,1-2H3/t8-,9+;/m1./s1. The summed E-state index contributed by atoms with van der Waals surface area (Å²) in [7, 11) is 3.75. The number of rotatable bonds is 5. The molecule has 0 radical (unpaired) electrons. The summed E-state index contributed by atoms with van der Waals surface area (Å²) in [6.45, 7) is 5.09. The average molecular weight is 287 g/mol. The molecule has 1 aromatic rings. The summed E-state index contributed by atoms with van der Waals surface area (Å²) in [4.78, 5) is 25.0. The number of aryl methyl sites for hydroxylation is 1. The number of aromatic nitrogens is 2. The minimum Gasteiger partial charge on any atom is -0.394 e. The third kappa shape index (κ3) is 5.68. The van der Waals surface area contributed by atoms with Gasteiger partial charge in [0.25, 0.3) is 5.56 Å². The topological polar surface area (TPSA) is 96.3 Å². The molecule has 2 atom stereocenters. The van der Waals surface area contributed by atoms with Gasteiger partial charge in [-0.3, -0.25) is 14.3 Å². The summed E-state index contributed by atoms with van der Waals surface area (Å²) in [5, 5.41) is 11.8. The van der Waals surface area contributed by atoms with Crippen molar-refractivity contribution in [2.45, 2.75) is 39.5 Å². The molecule has 1 aromatic heterocycles. The van der Waals surface area contributed by atoms with E-state index in [1.165, 1.54) is 10.8 Å². The van der Waals surface area contributed by atoms with E-state index in [1.807, 2.05) is 21.0 Å². The van der Waals surface area contributed by atoms with E-state index in [0.29, 0.717) is 12.0 Å². The van der Waals surface area contributed by atoms with Gasteiger partial charge in [-0.1, -0.05) is 6.92 Å². The molecule has 0 aliphatic rings. The van der Waals surface area contributed by atoms with E-state index in [2.05, 4.69) is 10.3 Å². The van der Waals surface area contributed by atoms with Gasteiger partial charge in [-0.2, -0.15) is 0 Å². The van der Waals surface area contributed by atoms with Gasteiger partial charge in [-0.25, -0.2) is 4.79 Å². The number of aliphatic hydroxyl groups is 1. The highest BCUT2D eigenvalue weighted by Gasteiger charge is 2.13. The zero-order chi connectivity index (χ0) is 15.7. The fourth-order valence-electron chi connectivity index (χ4n) is 1.47. The maximum absolute atomic E-state index is 11.6. The van der Waals surface area contributed by atoms with Crippen molar-refractivity contribution in [1.82, 2.24) is 14.9 Å². The van der Waals surface area contributed by atoms with Crippen molar-refractivity contribution in [3.05, 3.63) is 32.6 Å². The molecule has 0 unspecified atom stereocenters. The van der Waals surface area contributed by atoms with Crippen molar-refractivity contribution in [3.8, 4) is 0 Å². The van der Waals surface area contributed by atoms with E-state index >= 15 is 0 Å². The Hall–Kier alpha value is -1.44. The second kappa shape index (κ2) is 9.46. The highest BCUT2D eigenvalue weighted by molar-refractivity contribution is 5.01. The van der Waals surface area contributed by atoms with Gasteiger partial charge in [0.1, 0.15) is 6.23 Å². The molecule has 1 rings (SSSR count). The van der Waals surface area contributed by atoms with E-state index in [4.69, 9.17) is 9.84 Å². The molecule has 20 heavy (non-hydrogen) atoms. The van der Waals surface area contributed by atoms with Gasteiger partial charge in [0, 0.05) is 11.8 Å². The van der Waals surface area contributed by atoms with Gasteiger partial charge in [-0.05, 0) is 34.4 Å². The number of nitrogens with one attached hydrogen (secondary N) is 2. The molecular formula is C13H25N3O4. The molecule has 3 N–H and O–H groups in total. The largest absolute Gasteiger partial charge is 0.394 e. The molecule has 0 saturated heterocycles. The first-order valence-corrected chi connectivity index (χ1v) is 6.58. The first kappa shape index (κ1) is 18.6. The number of hydrogen-bond donors (Lipinski definition) is 3. The van der Waals surface area contributed by atoms with Crippen LogP contribution in [0, 0.1) is 6.92 Å². The van der Waals surface area contributed by atoms with Gasteiger partial charge in [0.2, 0.25) is 0 Å². The Morgan fingerprint density at radius 1 is 1.45 bits per heavy atom. The number of aliphatic hydroxyl groups excluding tert-OH is 1. The molecule has 0 fully saturated rings. The summed E-state index contributed by atoms with van der Waals surface area (Å²) < 4.78 is 6.80. The summed E-state index contributed by atoms with van der Waals surface area (Å²) in [6, 6.07) is 0. The second-order valence-corrected chi connectivity index (χ2v) is 4.43. The molecule has 116 valence electrons. The van der Waals surface area contributed by atoms with Crippen molar-refractivity contribution in [1.29, 1.82) is 0 Å². The smallest absolute Gasteiger partial charge is 0.330 e. The van der Waals surface area contributed by atoms with Crippen LogP contribution in [0.2, 0.25) is 0 Å². The van der Waals surface area contributed by atoms with Crippen molar-refractivity contribution >= 4 is 0 Å². The molecule has 7 nitrogen and oxygen atoms in total. The molecule has 0 spiro atoms. The Morgan fingerprint density at radius 3 is 2.45 bits per heavy atom. The summed E-state index contributed by atoms with van der Waals surface area (Å²) in [6.07, 6.45) is 1.26. The molecule has 0 saturated carbocycles. The van der Waals surface area contributed by atoms with E-state index < -0.39 is 17.5 Å². The molecular weight excluding hydrogens is 262 g/mol. The lowest BCUT2D eigenvalue weighted by atomic mass is 10.3. The Balaban J connectivity index is 0.00000110.